The van der Waals surface area contributed by atoms with E-state index in [9.17, 15) is 9.59 Å². The van der Waals surface area contributed by atoms with E-state index in [1.54, 1.807) is 36.2 Å². The molecule has 0 spiro atoms. The Hall–Kier alpha value is -3.64. The second kappa shape index (κ2) is 9.88. The highest BCUT2D eigenvalue weighted by molar-refractivity contribution is 6.08. The SMILES string of the molecule is CN(C(=O)c1ccc(C(=O)Nc2ccc(N3CCC(N(C)C)C3)cc2)cc1)c1ccccc1. The maximum atomic E-state index is 12.7. The summed E-state index contributed by atoms with van der Waals surface area (Å²) in [5, 5.41) is 2.94. The van der Waals surface area contributed by atoms with Gasteiger partial charge in [0.25, 0.3) is 11.8 Å². The van der Waals surface area contributed by atoms with Gasteiger partial charge in [-0.15, -0.1) is 0 Å². The summed E-state index contributed by atoms with van der Waals surface area (Å²) >= 11 is 0. The normalized spacial score (nSPS) is 15.5. The summed E-state index contributed by atoms with van der Waals surface area (Å²) in [6.45, 7) is 2.06. The number of para-hydroxylation sites is 1. The average molecular weight is 443 g/mol. The molecule has 170 valence electrons. The molecule has 1 heterocycles. The van der Waals surface area contributed by atoms with Crippen molar-refractivity contribution in [3.8, 4) is 0 Å². The topological polar surface area (TPSA) is 55.9 Å². The number of amides is 2. The zero-order chi connectivity index (χ0) is 23.4. The van der Waals surface area contributed by atoms with Gasteiger partial charge in [0.2, 0.25) is 0 Å². The lowest BCUT2D eigenvalue weighted by Crippen LogP contribution is -2.31. The fourth-order valence-corrected chi connectivity index (χ4v) is 4.08. The third-order valence-electron chi connectivity index (χ3n) is 6.23. The van der Waals surface area contributed by atoms with E-state index in [1.165, 1.54) is 5.69 Å². The van der Waals surface area contributed by atoms with Gasteiger partial charge in [-0.05, 0) is 81.2 Å². The Kier molecular flexibility index (Phi) is 6.75. The average Bonchev–Trinajstić information content (AvgIpc) is 3.35. The lowest BCUT2D eigenvalue weighted by molar-refractivity contribution is 0.0989. The largest absolute Gasteiger partial charge is 0.370 e. The molecular formula is C27H30N4O2. The van der Waals surface area contributed by atoms with Crippen molar-refractivity contribution in [1.29, 1.82) is 0 Å². The van der Waals surface area contributed by atoms with E-state index in [-0.39, 0.29) is 11.8 Å². The number of carbonyl (C=O) groups is 2. The maximum Gasteiger partial charge on any atom is 0.258 e. The number of nitrogens with zero attached hydrogens (tertiary/aromatic N) is 3. The van der Waals surface area contributed by atoms with Gasteiger partial charge < -0.3 is 20.0 Å². The molecule has 6 heteroatoms. The minimum absolute atomic E-state index is 0.123. The Labute approximate surface area is 195 Å². The van der Waals surface area contributed by atoms with Crippen LogP contribution in [0, 0.1) is 0 Å². The lowest BCUT2D eigenvalue weighted by Gasteiger charge is -2.22. The van der Waals surface area contributed by atoms with Crippen LogP contribution in [0.5, 0.6) is 0 Å². The summed E-state index contributed by atoms with van der Waals surface area (Å²) in [5.74, 6) is -0.325. The van der Waals surface area contributed by atoms with Crippen molar-refractivity contribution >= 4 is 28.9 Å². The molecule has 0 saturated carbocycles. The summed E-state index contributed by atoms with van der Waals surface area (Å²) in [4.78, 5) is 31.7. The molecule has 4 rings (SSSR count). The van der Waals surface area contributed by atoms with Crippen LogP contribution in [0.2, 0.25) is 0 Å². The first-order valence-electron chi connectivity index (χ1n) is 11.2. The third-order valence-corrected chi connectivity index (χ3v) is 6.23. The summed E-state index contributed by atoms with van der Waals surface area (Å²) in [6.07, 6.45) is 1.16. The van der Waals surface area contributed by atoms with Gasteiger partial charge in [-0.3, -0.25) is 9.59 Å². The number of carbonyl (C=O) groups excluding carboxylic acids is 2. The van der Waals surface area contributed by atoms with Gasteiger partial charge >= 0.3 is 0 Å². The third kappa shape index (κ3) is 5.23. The Morgan fingerprint density at radius 1 is 0.848 bits per heavy atom. The van der Waals surface area contributed by atoms with Crippen molar-refractivity contribution in [3.63, 3.8) is 0 Å². The first kappa shape index (κ1) is 22.6. The summed E-state index contributed by atoms with van der Waals surface area (Å²) in [5.41, 5.74) is 3.77. The van der Waals surface area contributed by atoms with Crippen molar-refractivity contribution in [2.24, 2.45) is 0 Å². The van der Waals surface area contributed by atoms with Gasteiger partial charge in [-0.25, -0.2) is 0 Å². The molecule has 3 aromatic carbocycles. The molecule has 1 aliphatic rings. The van der Waals surface area contributed by atoms with E-state index in [0.717, 1.165) is 30.9 Å². The van der Waals surface area contributed by atoms with E-state index in [4.69, 9.17) is 0 Å². The van der Waals surface area contributed by atoms with Crippen LogP contribution >= 0.6 is 0 Å². The van der Waals surface area contributed by atoms with Crippen LogP contribution in [0.4, 0.5) is 17.1 Å². The molecule has 0 aromatic heterocycles. The number of hydrogen-bond acceptors (Lipinski definition) is 4. The van der Waals surface area contributed by atoms with Crippen LogP contribution in [-0.4, -0.2) is 57.0 Å². The van der Waals surface area contributed by atoms with Gasteiger partial charge in [0.05, 0.1) is 0 Å². The Balaban J connectivity index is 1.36. The Morgan fingerprint density at radius 3 is 2.09 bits per heavy atom. The molecule has 1 atom stereocenters. The standard InChI is InChI=1S/C27H30N4O2/c1-29(2)25-17-18-31(19-25)24-15-13-22(14-16-24)28-26(32)20-9-11-21(12-10-20)27(33)30(3)23-7-5-4-6-8-23/h4-16,25H,17-19H2,1-3H3,(H,28,32). The number of benzene rings is 3. The predicted molar refractivity (Wildman–Crippen MR) is 134 cm³/mol. The van der Waals surface area contributed by atoms with Crippen molar-refractivity contribution in [2.45, 2.75) is 12.5 Å². The van der Waals surface area contributed by atoms with Crippen LogP contribution in [0.3, 0.4) is 0 Å². The molecule has 0 radical (unpaired) electrons. The number of nitrogens with one attached hydrogen (secondary N) is 1. The minimum atomic E-state index is -0.202. The molecule has 2 amide bonds. The lowest BCUT2D eigenvalue weighted by atomic mass is 10.1. The van der Waals surface area contributed by atoms with Crippen LogP contribution in [0.1, 0.15) is 27.1 Å². The fraction of sp³-hybridized carbons (Fsp3) is 0.259. The number of rotatable bonds is 6. The highest BCUT2D eigenvalue weighted by atomic mass is 16.2. The number of likely N-dealkylation sites (N-methyl/N-ethyl adjacent to an activating group) is 1. The van der Waals surface area contributed by atoms with Crippen molar-refractivity contribution in [1.82, 2.24) is 4.90 Å². The second-order valence-corrected chi connectivity index (χ2v) is 8.63. The fourth-order valence-electron chi connectivity index (χ4n) is 4.08. The van der Waals surface area contributed by atoms with Crippen molar-refractivity contribution in [3.05, 3.63) is 90.0 Å². The maximum absolute atomic E-state index is 12.7. The highest BCUT2D eigenvalue weighted by Gasteiger charge is 2.24. The molecule has 6 nitrogen and oxygen atoms in total. The van der Waals surface area contributed by atoms with Gasteiger partial charge in [0, 0.05) is 54.4 Å². The van der Waals surface area contributed by atoms with E-state index < -0.39 is 0 Å². The molecular weight excluding hydrogens is 412 g/mol. The molecule has 1 fully saturated rings. The molecule has 1 N–H and O–H groups in total. The molecule has 0 aliphatic carbocycles. The second-order valence-electron chi connectivity index (χ2n) is 8.63. The monoisotopic (exact) mass is 442 g/mol. The van der Waals surface area contributed by atoms with E-state index >= 15 is 0 Å². The zero-order valence-electron chi connectivity index (χ0n) is 19.4. The smallest absolute Gasteiger partial charge is 0.258 e. The van der Waals surface area contributed by atoms with Gasteiger partial charge in [-0.2, -0.15) is 0 Å². The van der Waals surface area contributed by atoms with Gasteiger partial charge in [0.1, 0.15) is 0 Å². The molecule has 3 aromatic rings. The number of anilines is 3. The zero-order valence-corrected chi connectivity index (χ0v) is 19.4. The van der Waals surface area contributed by atoms with Crippen LogP contribution in [0.15, 0.2) is 78.9 Å². The first-order chi connectivity index (χ1) is 15.9. The molecule has 33 heavy (non-hydrogen) atoms. The molecule has 1 aliphatic heterocycles. The predicted octanol–water partition coefficient (Wildman–Crippen LogP) is 4.36. The van der Waals surface area contributed by atoms with Crippen LogP contribution in [-0.2, 0) is 0 Å². The van der Waals surface area contributed by atoms with Crippen LogP contribution in [0.25, 0.3) is 0 Å². The molecule has 1 saturated heterocycles. The van der Waals surface area contributed by atoms with Gasteiger partial charge in [0.15, 0.2) is 0 Å². The van der Waals surface area contributed by atoms with E-state index in [0.29, 0.717) is 17.2 Å². The Bertz CT molecular complexity index is 1100. The van der Waals surface area contributed by atoms with E-state index in [1.807, 2.05) is 42.5 Å². The van der Waals surface area contributed by atoms with Crippen LogP contribution < -0.4 is 15.1 Å². The summed E-state index contributed by atoms with van der Waals surface area (Å²) in [6, 6.07) is 24.8. The number of hydrogen-bond donors (Lipinski definition) is 1. The van der Waals surface area contributed by atoms with Gasteiger partial charge in [-0.1, -0.05) is 18.2 Å². The minimum Gasteiger partial charge on any atom is -0.370 e. The van der Waals surface area contributed by atoms with E-state index in [2.05, 4.69) is 41.3 Å². The molecule has 1 unspecified atom stereocenters. The highest BCUT2D eigenvalue weighted by Crippen LogP contribution is 2.24. The Morgan fingerprint density at radius 2 is 1.48 bits per heavy atom. The first-order valence-corrected chi connectivity index (χ1v) is 11.2. The summed E-state index contributed by atoms with van der Waals surface area (Å²) in [7, 11) is 5.98. The summed E-state index contributed by atoms with van der Waals surface area (Å²) < 4.78 is 0. The van der Waals surface area contributed by atoms with Crippen molar-refractivity contribution < 1.29 is 9.59 Å². The van der Waals surface area contributed by atoms with Crippen molar-refractivity contribution in [2.75, 3.05) is 49.3 Å². The molecule has 0 bridgehead atoms. The quantitative estimate of drug-likeness (QED) is 0.617.